The largest absolute Gasteiger partial charge is 0.352 e. The molecule has 1 atom stereocenters. The third kappa shape index (κ3) is 3.39. The molecule has 2 heterocycles. The molecule has 2 aliphatic heterocycles. The Morgan fingerprint density at radius 2 is 2.09 bits per heavy atom. The number of nitrogens with one attached hydrogen (secondary N) is 3. The second-order valence-corrected chi connectivity index (χ2v) is 5.83. The van der Waals surface area contributed by atoms with Gasteiger partial charge >= 0.3 is 6.03 Å². The van der Waals surface area contributed by atoms with Crippen molar-refractivity contribution in [2.45, 2.75) is 12.8 Å². The maximum Gasteiger partial charge on any atom is 0.321 e. The van der Waals surface area contributed by atoms with E-state index in [1.165, 1.54) is 6.42 Å². The van der Waals surface area contributed by atoms with Crippen LogP contribution in [0.2, 0.25) is 0 Å². The summed E-state index contributed by atoms with van der Waals surface area (Å²) in [6, 6.07) is 7.10. The zero-order valence-corrected chi connectivity index (χ0v) is 12.6. The highest BCUT2D eigenvalue weighted by Crippen LogP contribution is 2.17. The third-order valence-electron chi connectivity index (χ3n) is 4.30. The summed E-state index contributed by atoms with van der Waals surface area (Å²) < 4.78 is 0. The number of amides is 3. The van der Waals surface area contributed by atoms with E-state index in [2.05, 4.69) is 16.0 Å². The first kappa shape index (κ1) is 14.8. The van der Waals surface area contributed by atoms with Gasteiger partial charge in [-0.15, -0.1) is 0 Å². The van der Waals surface area contributed by atoms with Crippen molar-refractivity contribution < 1.29 is 9.59 Å². The summed E-state index contributed by atoms with van der Waals surface area (Å²) in [5.41, 5.74) is 1.46. The van der Waals surface area contributed by atoms with Crippen molar-refractivity contribution in [1.29, 1.82) is 0 Å². The Kier molecular flexibility index (Phi) is 4.58. The van der Waals surface area contributed by atoms with Gasteiger partial charge < -0.3 is 16.0 Å². The van der Waals surface area contributed by atoms with Crippen molar-refractivity contribution in [3.63, 3.8) is 0 Å². The molecule has 3 N–H and O–H groups in total. The molecule has 0 spiro atoms. The molecule has 0 aromatic heterocycles. The summed E-state index contributed by atoms with van der Waals surface area (Å²) in [5.74, 6) is 0.625. The fourth-order valence-corrected chi connectivity index (χ4v) is 2.96. The lowest BCUT2D eigenvalue weighted by Crippen LogP contribution is -2.28. The van der Waals surface area contributed by atoms with E-state index < -0.39 is 0 Å². The number of urea groups is 1. The summed E-state index contributed by atoms with van der Waals surface area (Å²) in [5, 5.41) is 9.06. The van der Waals surface area contributed by atoms with Gasteiger partial charge in [0.25, 0.3) is 5.91 Å². The minimum absolute atomic E-state index is 0.0524. The molecule has 0 saturated carbocycles. The van der Waals surface area contributed by atoms with Crippen molar-refractivity contribution >= 4 is 17.6 Å². The molecule has 0 bridgehead atoms. The van der Waals surface area contributed by atoms with Crippen LogP contribution in [0.5, 0.6) is 0 Å². The van der Waals surface area contributed by atoms with Crippen LogP contribution in [-0.4, -0.2) is 44.7 Å². The number of benzene rings is 1. The summed E-state index contributed by atoms with van der Waals surface area (Å²) in [6.45, 7) is 4.19. The van der Waals surface area contributed by atoms with Gasteiger partial charge in [-0.2, -0.15) is 0 Å². The first-order valence-corrected chi connectivity index (χ1v) is 7.88. The molecule has 2 fully saturated rings. The van der Waals surface area contributed by atoms with Gasteiger partial charge in [0.05, 0.1) is 0 Å². The average molecular weight is 302 g/mol. The second-order valence-electron chi connectivity index (χ2n) is 5.83. The maximum atomic E-state index is 12.1. The fourth-order valence-electron chi connectivity index (χ4n) is 2.96. The van der Waals surface area contributed by atoms with E-state index in [0.717, 1.165) is 25.2 Å². The summed E-state index contributed by atoms with van der Waals surface area (Å²) in [6.07, 6.45) is 2.22. The first-order valence-electron chi connectivity index (χ1n) is 7.88. The van der Waals surface area contributed by atoms with E-state index >= 15 is 0 Å². The minimum Gasteiger partial charge on any atom is -0.352 e. The Bertz CT molecular complexity index is 538. The number of carbonyl (C=O) groups excluding carboxylic acids is 2. The molecule has 6 nitrogen and oxygen atoms in total. The van der Waals surface area contributed by atoms with Crippen molar-refractivity contribution in [2.24, 2.45) is 5.92 Å². The summed E-state index contributed by atoms with van der Waals surface area (Å²) in [4.78, 5) is 25.4. The van der Waals surface area contributed by atoms with Crippen LogP contribution in [-0.2, 0) is 0 Å². The van der Waals surface area contributed by atoms with Gasteiger partial charge in [-0.1, -0.05) is 0 Å². The fraction of sp³-hybridized carbons (Fsp3) is 0.500. The molecule has 2 aliphatic rings. The van der Waals surface area contributed by atoms with E-state index in [-0.39, 0.29) is 11.9 Å². The quantitative estimate of drug-likeness (QED) is 0.758. The highest BCUT2D eigenvalue weighted by Gasteiger charge is 2.21. The topological polar surface area (TPSA) is 73.5 Å². The normalized spacial score (nSPS) is 21.0. The number of anilines is 1. The minimum atomic E-state index is -0.0811. The zero-order valence-electron chi connectivity index (χ0n) is 12.6. The highest BCUT2D eigenvalue weighted by atomic mass is 16.2. The monoisotopic (exact) mass is 302 g/mol. The number of nitrogens with zero attached hydrogens (tertiary/aromatic N) is 1. The average Bonchev–Trinajstić information content (AvgIpc) is 3.19. The molecule has 118 valence electrons. The lowest BCUT2D eigenvalue weighted by molar-refractivity contribution is 0.0951. The van der Waals surface area contributed by atoms with Gasteiger partial charge in [0.1, 0.15) is 0 Å². The van der Waals surface area contributed by atoms with Crippen molar-refractivity contribution in [3.8, 4) is 0 Å². The second kappa shape index (κ2) is 6.79. The van der Waals surface area contributed by atoms with Crippen LogP contribution in [0, 0.1) is 5.92 Å². The van der Waals surface area contributed by atoms with Crippen LogP contribution in [0.4, 0.5) is 10.5 Å². The predicted octanol–water partition coefficient (Wildman–Crippen LogP) is 0.946. The van der Waals surface area contributed by atoms with Gasteiger partial charge in [0, 0.05) is 30.9 Å². The lowest BCUT2D eigenvalue weighted by Gasteiger charge is -2.14. The molecular formula is C16H22N4O2. The van der Waals surface area contributed by atoms with E-state index in [9.17, 15) is 9.59 Å². The van der Waals surface area contributed by atoms with E-state index in [4.69, 9.17) is 0 Å². The lowest BCUT2D eigenvalue weighted by atomic mass is 10.1. The predicted molar refractivity (Wildman–Crippen MR) is 85.1 cm³/mol. The van der Waals surface area contributed by atoms with Gasteiger partial charge in [-0.3, -0.25) is 9.69 Å². The van der Waals surface area contributed by atoms with Crippen LogP contribution in [0.1, 0.15) is 23.2 Å². The summed E-state index contributed by atoms with van der Waals surface area (Å²) in [7, 11) is 0. The van der Waals surface area contributed by atoms with Gasteiger partial charge in [-0.25, -0.2) is 4.79 Å². The number of hydrogen-bond donors (Lipinski definition) is 3. The van der Waals surface area contributed by atoms with E-state index in [1.54, 1.807) is 17.0 Å². The molecule has 0 radical (unpaired) electrons. The van der Waals surface area contributed by atoms with Gasteiger partial charge in [0.15, 0.2) is 0 Å². The molecule has 2 saturated heterocycles. The van der Waals surface area contributed by atoms with Crippen LogP contribution >= 0.6 is 0 Å². The van der Waals surface area contributed by atoms with Crippen LogP contribution in [0.25, 0.3) is 0 Å². The van der Waals surface area contributed by atoms with Crippen molar-refractivity contribution in [3.05, 3.63) is 29.8 Å². The first-order chi connectivity index (χ1) is 10.7. The molecule has 3 amide bonds. The molecule has 0 aliphatic carbocycles. The van der Waals surface area contributed by atoms with Crippen LogP contribution < -0.4 is 20.9 Å². The van der Waals surface area contributed by atoms with Crippen LogP contribution in [0.15, 0.2) is 24.3 Å². The van der Waals surface area contributed by atoms with E-state index in [0.29, 0.717) is 31.1 Å². The number of hydrogen-bond acceptors (Lipinski definition) is 3. The smallest absolute Gasteiger partial charge is 0.321 e. The zero-order chi connectivity index (χ0) is 15.4. The SMILES string of the molecule is O=C(NCCC1CCNC1)c1ccc(N2CCNC2=O)cc1. The third-order valence-corrected chi connectivity index (χ3v) is 4.30. The Morgan fingerprint density at radius 1 is 1.27 bits per heavy atom. The van der Waals surface area contributed by atoms with Crippen LogP contribution in [0.3, 0.4) is 0 Å². The Balaban J connectivity index is 1.51. The van der Waals surface area contributed by atoms with Crippen molar-refractivity contribution in [2.75, 3.05) is 37.6 Å². The Hall–Kier alpha value is -2.08. The molecular weight excluding hydrogens is 280 g/mol. The van der Waals surface area contributed by atoms with Gasteiger partial charge in [0.2, 0.25) is 0 Å². The highest BCUT2D eigenvalue weighted by molar-refractivity contribution is 5.96. The molecule has 1 aromatic carbocycles. The molecule has 22 heavy (non-hydrogen) atoms. The molecule has 1 unspecified atom stereocenters. The van der Waals surface area contributed by atoms with Crippen molar-refractivity contribution in [1.82, 2.24) is 16.0 Å². The molecule has 1 aromatic rings. The molecule has 3 rings (SSSR count). The maximum absolute atomic E-state index is 12.1. The van der Waals surface area contributed by atoms with Gasteiger partial charge in [-0.05, 0) is 56.1 Å². The Morgan fingerprint density at radius 3 is 2.73 bits per heavy atom. The Labute approximate surface area is 130 Å². The summed E-state index contributed by atoms with van der Waals surface area (Å²) >= 11 is 0. The standard InChI is InChI=1S/C16H22N4O2/c21-15(18-8-6-12-5-7-17-11-12)13-1-3-14(4-2-13)20-10-9-19-16(20)22/h1-4,12,17H,5-11H2,(H,18,21)(H,19,22). The van der Waals surface area contributed by atoms with E-state index in [1.807, 2.05) is 12.1 Å². The molecule has 6 heteroatoms. The number of rotatable bonds is 5. The number of carbonyl (C=O) groups is 2.